The number of nitrogens with one attached hydrogen (secondary N) is 1. The predicted octanol–water partition coefficient (Wildman–Crippen LogP) is 2.89. The molecule has 0 atom stereocenters. The van der Waals surface area contributed by atoms with Gasteiger partial charge in [-0.25, -0.2) is 9.67 Å². The van der Waals surface area contributed by atoms with Crippen molar-refractivity contribution in [3.63, 3.8) is 0 Å². The minimum atomic E-state index is -0.336. The maximum Gasteiger partial charge on any atom is 0.252 e. The lowest BCUT2D eigenvalue weighted by atomic mass is 10.1. The van der Waals surface area contributed by atoms with Crippen molar-refractivity contribution >= 4 is 29.0 Å². The Morgan fingerprint density at radius 2 is 2.21 bits per heavy atom. The maximum absolute atomic E-state index is 12.1. The number of hydrogen-bond donors (Lipinski definition) is 1. The Labute approximate surface area is 141 Å². The smallest absolute Gasteiger partial charge is 0.252 e. The third kappa shape index (κ3) is 3.61. The Bertz CT molecular complexity index is 881. The minimum absolute atomic E-state index is 0.0970. The molecule has 0 aliphatic carbocycles. The van der Waals surface area contributed by atoms with Crippen molar-refractivity contribution in [3.05, 3.63) is 64.4 Å². The number of rotatable bonds is 5. The van der Waals surface area contributed by atoms with Crippen LogP contribution in [0.1, 0.15) is 5.56 Å². The Morgan fingerprint density at radius 3 is 2.92 bits per heavy atom. The average molecular weight is 343 g/mol. The number of halogens is 1. The van der Waals surface area contributed by atoms with Crippen LogP contribution < -0.4 is 5.32 Å². The fraction of sp³-hybridized carbons (Fsp3) is 0.0667. The highest BCUT2D eigenvalue weighted by atomic mass is 35.5. The van der Waals surface area contributed by atoms with E-state index >= 15 is 0 Å². The van der Waals surface area contributed by atoms with Crippen LogP contribution in [-0.4, -0.2) is 25.7 Å². The van der Waals surface area contributed by atoms with Crippen molar-refractivity contribution in [2.24, 2.45) is 5.18 Å². The van der Waals surface area contributed by atoms with E-state index < -0.39 is 0 Å². The van der Waals surface area contributed by atoms with Gasteiger partial charge >= 0.3 is 0 Å². The molecule has 3 rings (SSSR count). The van der Waals surface area contributed by atoms with E-state index in [2.05, 4.69) is 25.6 Å². The first-order valence-electron chi connectivity index (χ1n) is 6.90. The number of carbonyl (C=O) groups excluding carboxylic acids is 1. The van der Waals surface area contributed by atoms with E-state index in [9.17, 15) is 9.70 Å². The molecule has 8 nitrogen and oxygen atoms in total. The van der Waals surface area contributed by atoms with Crippen LogP contribution in [0.4, 0.5) is 11.5 Å². The molecular formula is C15H11ClN6O2. The van der Waals surface area contributed by atoms with Crippen LogP contribution in [-0.2, 0) is 11.2 Å². The summed E-state index contributed by atoms with van der Waals surface area (Å²) in [6, 6.07) is 8.64. The maximum atomic E-state index is 12.1. The fourth-order valence-corrected chi connectivity index (χ4v) is 2.26. The van der Waals surface area contributed by atoms with Crippen molar-refractivity contribution in [1.82, 2.24) is 19.7 Å². The summed E-state index contributed by atoms with van der Waals surface area (Å²) in [6.45, 7) is 0. The van der Waals surface area contributed by atoms with Crippen molar-refractivity contribution in [2.75, 3.05) is 5.32 Å². The molecule has 0 aliphatic rings. The first kappa shape index (κ1) is 15.8. The summed E-state index contributed by atoms with van der Waals surface area (Å²) in [5, 5.41) is 9.92. The summed E-state index contributed by atoms with van der Waals surface area (Å²) >= 11 is 5.89. The third-order valence-corrected chi connectivity index (χ3v) is 3.31. The topological polar surface area (TPSA) is 102 Å². The number of hydrogen-bond acceptors (Lipinski definition) is 6. The van der Waals surface area contributed by atoms with Gasteiger partial charge in [0.15, 0.2) is 0 Å². The highest BCUT2D eigenvalue weighted by Gasteiger charge is 2.13. The fourth-order valence-electron chi connectivity index (χ4n) is 2.05. The molecule has 120 valence electrons. The third-order valence-electron chi connectivity index (χ3n) is 3.08. The van der Waals surface area contributed by atoms with Crippen LogP contribution in [0.25, 0.3) is 5.95 Å². The van der Waals surface area contributed by atoms with Gasteiger partial charge in [-0.3, -0.25) is 4.79 Å². The number of benzene rings is 1. The minimum Gasteiger partial charge on any atom is -0.321 e. The molecule has 0 spiro atoms. The first-order chi connectivity index (χ1) is 11.7. The molecule has 0 unspecified atom stereocenters. The Morgan fingerprint density at radius 1 is 1.33 bits per heavy atom. The van der Waals surface area contributed by atoms with Crippen LogP contribution in [0.15, 0.2) is 54.1 Å². The van der Waals surface area contributed by atoms with Crippen LogP contribution in [0.5, 0.6) is 0 Å². The Balaban J connectivity index is 1.77. The lowest BCUT2D eigenvalue weighted by molar-refractivity contribution is -0.115. The van der Waals surface area contributed by atoms with Gasteiger partial charge in [0.2, 0.25) is 11.7 Å². The van der Waals surface area contributed by atoms with E-state index in [1.165, 1.54) is 10.9 Å². The molecule has 3 aromatic rings. The normalized spacial score (nSPS) is 10.4. The van der Waals surface area contributed by atoms with Gasteiger partial charge in [0.25, 0.3) is 5.95 Å². The van der Waals surface area contributed by atoms with E-state index in [1.807, 2.05) is 0 Å². The first-order valence-corrected chi connectivity index (χ1v) is 7.28. The summed E-state index contributed by atoms with van der Waals surface area (Å²) in [6.07, 6.45) is 4.59. The van der Waals surface area contributed by atoms with Crippen molar-refractivity contribution in [3.8, 4) is 5.95 Å². The zero-order valence-electron chi connectivity index (χ0n) is 12.3. The summed E-state index contributed by atoms with van der Waals surface area (Å²) in [4.78, 5) is 31.1. The predicted molar refractivity (Wildman–Crippen MR) is 88.4 cm³/mol. The molecule has 0 aliphatic heterocycles. The highest BCUT2D eigenvalue weighted by Crippen LogP contribution is 2.22. The summed E-state index contributed by atoms with van der Waals surface area (Å²) in [5.41, 5.74) is 0.877. The second-order valence-electron chi connectivity index (χ2n) is 4.80. The average Bonchev–Trinajstić information content (AvgIpc) is 3.09. The number of anilines is 1. The van der Waals surface area contributed by atoms with Crippen molar-refractivity contribution in [2.45, 2.75) is 6.42 Å². The second kappa shape index (κ2) is 6.97. The van der Waals surface area contributed by atoms with Crippen molar-refractivity contribution in [1.29, 1.82) is 0 Å². The van der Waals surface area contributed by atoms with Crippen LogP contribution in [0, 0.1) is 4.91 Å². The van der Waals surface area contributed by atoms with Crippen molar-refractivity contribution < 1.29 is 4.79 Å². The zero-order chi connectivity index (χ0) is 16.9. The van der Waals surface area contributed by atoms with Gasteiger partial charge in [-0.05, 0) is 28.9 Å². The van der Waals surface area contributed by atoms with Gasteiger partial charge in [0, 0.05) is 17.4 Å². The van der Waals surface area contributed by atoms with E-state index in [1.54, 1.807) is 42.7 Å². The molecule has 0 bridgehead atoms. The molecular weight excluding hydrogens is 332 g/mol. The molecule has 0 saturated heterocycles. The Hall–Kier alpha value is -3.13. The molecule has 0 saturated carbocycles. The van der Waals surface area contributed by atoms with E-state index in [-0.39, 0.29) is 29.8 Å². The van der Waals surface area contributed by atoms with E-state index in [4.69, 9.17) is 11.6 Å². The monoisotopic (exact) mass is 342 g/mol. The molecule has 2 aromatic heterocycles. The largest absolute Gasteiger partial charge is 0.321 e. The lowest BCUT2D eigenvalue weighted by Crippen LogP contribution is -2.15. The molecule has 1 aromatic carbocycles. The second-order valence-corrected chi connectivity index (χ2v) is 5.24. The lowest BCUT2D eigenvalue weighted by Gasteiger charge is -2.07. The number of aromatic nitrogens is 4. The summed E-state index contributed by atoms with van der Waals surface area (Å²) in [5.74, 6) is -0.324. The van der Waals surface area contributed by atoms with Gasteiger partial charge in [-0.2, -0.15) is 10.1 Å². The number of nitroso groups, excluding NO2 is 1. The standard InChI is InChI=1S/C15H11ClN6O2/c16-11-4-1-3-10(7-11)8-13(23)19-12-9-17-15(20-14(12)21-24)22-6-2-5-18-22/h1-7,9H,8H2,(H,19,23). The van der Waals surface area contributed by atoms with Crippen LogP contribution >= 0.6 is 11.6 Å². The molecule has 1 N–H and O–H groups in total. The molecule has 0 radical (unpaired) electrons. The zero-order valence-corrected chi connectivity index (χ0v) is 13.0. The molecule has 2 heterocycles. The van der Waals surface area contributed by atoms with Gasteiger partial charge in [-0.1, -0.05) is 23.7 Å². The van der Waals surface area contributed by atoms with E-state index in [0.29, 0.717) is 5.02 Å². The summed E-state index contributed by atoms with van der Waals surface area (Å²) < 4.78 is 1.38. The SMILES string of the molecule is O=Nc1nc(-n2cccn2)ncc1NC(=O)Cc1cccc(Cl)c1. The van der Waals surface area contributed by atoms with Gasteiger partial charge < -0.3 is 5.32 Å². The highest BCUT2D eigenvalue weighted by molar-refractivity contribution is 6.30. The van der Waals surface area contributed by atoms with Gasteiger partial charge in [0.1, 0.15) is 5.69 Å². The van der Waals surface area contributed by atoms with Crippen LogP contribution in [0.2, 0.25) is 5.02 Å². The van der Waals surface area contributed by atoms with E-state index in [0.717, 1.165) is 5.56 Å². The molecule has 0 fully saturated rings. The molecule has 24 heavy (non-hydrogen) atoms. The van der Waals surface area contributed by atoms with Gasteiger partial charge in [0.05, 0.1) is 12.6 Å². The number of amides is 1. The number of carbonyl (C=O) groups is 1. The van der Waals surface area contributed by atoms with Crippen LogP contribution in [0.3, 0.4) is 0 Å². The quantitative estimate of drug-likeness (QED) is 0.718. The van der Waals surface area contributed by atoms with Gasteiger partial charge in [-0.15, -0.1) is 4.91 Å². The molecule has 1 amide bonds. The Kier molecular flexibility index (Phi) is 4.57. The number of nitrogens with zero attached hydrogens (tertiary/aromatic N) is 5. The summed E-state index contributed by atoms with van der Waals surface area (Å²) in [7, 11) is 0. The molecule has 9 heteroatoms.